The minimum absolute atomic E-state index is 0.00324. The van der Waals surface area contributed by atoms with E-state index in [1.54, 1.807) is 0 Å². The molecule has 6 nitrogen and oxygen atoms in total. The Labute approximate surface area is 131 Å². The van der Waals surface area contributed by atoms with E-state index in [1.807, 2.05) is 0 Å². The monoisotopic (exact) mass is 349 g/mol. The van der Waals surface area contributed by atoms with E-state index >= 15 is 0 Å². The molecule has 0 aliphatic carbocycles. The second-order valence-electron chi connectivity index (χ2n) is 4.59. The van der Waals surface area contributed by atoms with Gasteiger partial charge in [-0.05, 0) is 30.7 Å². The van der Waals surface area contributed by atoms with Crippen LogP contribution in [-0.2, 0) is 14.8 Å². The van der Waals surface area contributed by atoms with Crippen LogP contribution in [0.3, 0.4) is 0 Å². The average Bonchev–Trinajstić information content (AvgIpc) is 2.46. The Bertz CT molecular complexity index is 734. The lowest BCUT2D eigenvalue weighted by Gasteiger charge is -2.30. The zero-order valence-electron chi connectivity index (χ0n) is 11.5. The summed E-state index contributed by atoms with van der Waals surface area (Å²) in [5, 5.41) is 9.31. The van der Waals surface area contributed by atoms with E-state index < -0.39 is 34.4 Å². The molecule has 1 aromatic rings. The molecule has 1 heterocycles. The summed E-state index contributed by atoms with van der Waals surface area (Å²) >= 11 is 5.81. The summed E-state index contributed by atoms with van der Waals surface area (Å²) in [6, 6.07) is 2.55. The summed E-state index contributed by atoms with van der Waals surface area (Å²) in [6.07, 6.45) is 0.823. The summed E-state index contributed by atoms with van der Waals surface area (Å²) < 4.78 is 44.5. The third kappa shape index (κ3) is 3.08. The number of carboxylic acids is 1. The molecule has 0 saturated carbocycles. The van der Waals surface area contributed by atoms with Crippen molar-refractivity contribution in [2.45, 2.75) is 17.4 Å². The van der Waals surface area contributed by atoms with Crippen LogP contribution in [0.15, 0.2) is 35.0 Å². The first kappa shape index (κ1) is 16.7. The number of halogens is 2. The summed E-state index contributed by atoms with van der Waals surface area (Å²) in [5.74, 6) is -2.06. The van der Waals surface area contributed by atoms with Crippen molar-refractivity contribution >= 4 is 27.6 Å². The van der Waals surface area contributed by atoms with Gasteiger partial charge in [0.2, 0.25) is 10.0 Å². The Balaban J connectivity index is 2.55. The van der Waals surface area contributed by atoms with E-state index in [9.17, 15) is 22.7 Å². The number of methoxy groups -OCH3 is 1. The predicted molar refractivity (Wildman–Crippen MR) is 77.1 cm³/mol. The van der Waals surface area contributed by atoms with E-state index in [2.05, 4.69) is 0 Å². The number of aliphatic carboxylic acids is 1. The Morgan fingerprint density at radius 2 is 2.18 bits per heavy atom. The molecule has 0 amide bonds. The average molecular weight is 350 g/mol. The molecule has 0 bridgehead atoms. The molecule has 1 aromatic carbocycles. The molecule has 1 aliphatic rings. The molecule has 1 aliphatic heterocycles. The van der Waals surface area contributed by atoms with Crippen molar-refractivity contribution in [1.29, 1.82) is 0 Å². The summed E-state index contributed by atoms with van der Waals surface area (Å²) in [7, 11) is -3.02. The first-order valence-corrected chi connectivity index (χ1v) is 8.02. The molecule has 1 atom stereocenters. The highest BCUT2D eigenvalue weighted by molar-refractivity contribution is 7.89. The van der Waals surface area contributed by atoms with Crippen LogP contribution in [0.1, 0.15) is 6.42 Å². The smallest absolute Gasteiger partial charge is 0.322 e. The highest BCUT2D eigenvalue weighted by atomic mass is 35.5. The number of carbonyl (C=O) groups is 1. The summed E-state index contributed by atoms with van der Waals surface area (Å²) in [4.78, 5) is 11.0. The maximum absolute atomic E-state index is 13.5. The Kier molecular flexibility index (Phi) is 4.74. The number of carboxylic acid groups (broad SMARTS) is 1. The quantitative estimate of drug-likeness (QED) is 0.899. The number of rotatable bonds is 4. The van der Waals surface area contributed by atoms with Gasteiger partial charge in [-0.1, -0.05) is 11.6 Å². The molecule has 1 N–H and O–H groups in total. The van der Waals surface area contributed by atoms with E-state index in [-0.39, 0.29) is 22.1 Å². The molecule has 1 unspecified atom stereocenters. The molecule has 0 aromatic heterocycles. The zero-order chi connectivity index (χ0) is 16.5. The van der Waals surface area contributed by atoms with Gasteiger partial charge in [-0.3, -0.25) is 4.79 Å². The van der Waals surface area contributed by atoms with Crippen LogP contribution in [0.5, 0.6) is 5.75 Å². The molecule has 0 spiro atoms. The van der Waals surface area contributed by atoms with E-state index in [0.29, 0.717) is 4.31 Å². The van der Waals surface area contributed by atoms with Crippen LogP contribution >= 0.6 is 11.6 Å². The van der Waals surface area contributed by atoms with Crippen molar-refractivity contribution in [1.82, 2.24) is 4.31 Å². The van der Waals surface area contributed by atoms with Crippen molar-refractivity contribution in [2.24, 2.45) is 0 Å². The van der Waals surface area contributed by atoms with Crippen LogP contribution in [-0.4, -0.2) is 43.5 Å². The number of hydrogen-bond acceptors (Lipinski definition) is 4. The fourth-order valence-corrected chi connectivity index (χ4v) is 4.11. The molecule has 0 saturated heterocycles. The fraction of sp³-hybridized carbons (Fsp3) is 0.308. The third-order valence-electron chi connectivity index (χ3n) is 3.21. The van der Waals surface area contributed by atoms with Crippen LogP contribution < -0.4 is 4.74 Å². The van der Waals surface area contributed by atoms with Gasteiger partial charge in [0.25, 0.3) is 0 Å². The number of ether oxygens (including phenoxy) is 1. The van der Waals surface area contributed by atoms with E-state index in [4.69, 9.17) is 16.3 Å². The zero-order valence-corrected chi connectivity index (χ0v) is 13.1. The maximum Gasteiger partial charge on any atom is 0.322 e. The van der Waals surface area contributed by atoms with Crippen molar-refractivity contribution in [3.63, 3.8) is 0 Å². The van der Waals surface area contributed by atoms with Crippen LogP contribution in [0.4, 0.5) is 4.39 Å². The third-order valence-corrected chi connectivity index (χ3v) is 5.33. The Morgan fingerprint density at radius 3 is 2.77 bits per heavy atom. The first-order chi connectivity index (χ1) is 10.3. The second-order valence-corrected chi connectivity index (χ2v) is 6.88. The van der Waals surface area contributed by atoms with Gasteiger partial charge in [0.15, 0.2) is 0 Å². The molecule has 2 rings (SSSR count). The van der Waals surface area contributed by atoms with Crippen molar-refractivity contribution in [3.05, 3.63) is 35.1 Å². The molecule has 0 fully saturated rings. The molecule has 22 heavy (non-hydrogen) atoms. The molecule has 9 heteroatoms. The molecular formula is C13H13ClFNO5S. The van der Waals surface area contributed by atoms with Gasteiger partial charge >= 0.3 is 5.97 Å². The lowest BCUT2D eigenvalue weighted by molar-refractivity contribution is -0.141. The van der Waals surface area contributed by atoms with Gasteiger partial charge in [0.05, 0.1) is 13.7 Å². The van der Waals surface area contributed by atoms with Crippen molar-refractivity contribution < 1.29 is 27.4 Å². The van der Waals surface area contributed by atoms with Gasteiger partial charge in [0, 0.05) is 5.02 Å². The summed E-state index contributed by atoms with van der Waals surface area (Å²) in [6.45, 7) is -0.644. The van der Waals surface area contributed by atoms with Gasteiger partial charge < -0.3 is 9.84 Å². The van der Waals surface area contributed by atoms with Gasteiger partial charge in [0.1, 0.15) is 22.5 Å². The fourth-order valence-electron chi connectivity index (χ4n) is 2.14. The maximum atomic E-state index is 13.5. The van der Waals surface area contributed by atoms with Gasteiger partial charge in [-0.25, -0.2) is 12.8 Å². The first-order valence-electron chi connectivity index (χ1n) is 6.20. The lowest BCUT2D eigenvalue weighted by Crippen LogP contribution is -2.47. The largest absolute Gasteiger partial charge is 0.495 e. The standard InChI is InChI=1S/C13H13ClFNO5S/c1-21-11-5-2-8(14)6-12(11)22(19,20)16-7-9(15)3-4-10(16)13(17)18/h2-3,5-6,10H,4,7H2,1H3,(H,17,18). The Morgan fingerprint density at radius 1 is 1.50 bits per heavy atom. The van der Waals surface area contributed by atoms with E-state index in [1.165, 1.54) is 19.2 Å². The highest BCUT2D eigenvalue weighted by Crippen LogP contribution is 2.33. The van der Waals surface area contributed by atoms with Crippen molar-refractivity contribution in [2.75, 3.05) is 13.7 Å². The SMILES string of the molecule is COc1ccc(Cl)cc1S(=O)(=O)N1CC(F)=CCC1C(=O)O. The topological polar surface area (TPSA) is 83.9 Å². The molecule has 0 radical (unpaired) electrons. The van der Waals surface area contributed by atoms with E-state index in [0.717, 1.165) is 12.1 Å². The number of nitrogens with zero attached hydrogens (tertiary/aromatic N) is 1. The number of hydrogen-bond donors (Lipinski definition) is 1. The Hall–Kier alpha value is -1.64. The van der Waals surface area contributed by atoms with Crippen LogP contribution in [0.2, 0.25) is 5.02 Å². The molecular weight excluding hydrogens is 337 g/mol. The minimum Gasteiger partial charge on any atom is -0.495 e. The highest BCUT2D eigenvalue weighted by Gasteiger charge is 2.39. The predicted octanol–water partition coefficient (Wildman–Crippen LogP) is 2.05. The van der Waals surface area contributed by atoms with Gasteiger partial charge in [-0.15, -0.1) is 0 Å². The minimum atomic E-state index is -4.29. The van der Waals surface area contributed by atoms with Crippen LogP contribution in [0, 0.1) is 0 Å². The van der Waals surface area contributed by atoms with Gasteiger partial charge in [-0.2, -0.15) is 4.31 Å². The second kappa shape index (κ2) is 6.23. The lowest BCUT2D eigenvalue weighted by atomic mass is 10.1. The summed E-state index contributed by atoms with van der Waals surface area (Å²) in [5.41, 5.74) is 0. The number of benzene rings is 1. The number of sulfonamides is 1. The molecule has 120 valence electrons. The van der Waals surface area contributed by atoms with Crippen LogP contribution in [0.25, 0.3) is 0 Å². The normalized spacial score (nSPS) is 19.6. The van der Waals surface area contributed by atoms with Crippen molar-refractivity contribution in [3.8, 4) is 5.75 Å².